The SMILES string of the molecule is N#CC(=P)P. The minimum absolute atomic E-state index is 0.532. The van der Waals surface area contributed by atoms with Crippen LogP contribution in [-0.2, 0) is 0 Å². The molecule has 0 aromatic heterocycles. The third-order valence-electron chi connectivity index (χ3n) is 0.120. The monoisotopic (exact) mass is 103 g/mol. The van der Waals surface area contributed by atoms with Crippen LogP contribution < -0.4 is 0 Å². The molecule has 26 valence electrons. The third-order valence-corrected chi connectivity index (χ3v) is 0.361. The number of hydrogen-bond donors (Lipinski definition) is 0. The summed E-state index contributed by atoms with van der Waals surface area (Å²) in [7, 11) is 5.14. The van der Waals surface area contributed by atoms with E-state index in [9.17, 15) is 0 Å². The lowest BCUT2D eigenvalue weighted by atomic mass is 10.9. The van der Waals surface area contributed by atoms with Gasteiger partial charge in [0.25, 0.3) is 0 Å². The van der Waals surface area contributed by atoms with E-state index in [0.29, 0.717) is 5.03 Å². The summed E-state index contributed by atoms with van der Waals surface area (Å²) in [6.07, 6.45) is 0. The first-order valence-corrected chi connectivity index (χ1v) is 2.09. The topological polar surface area (TPSA) is 23.8 Å². The van der Waals surface area contributed by atoms with E-state index in [-0.39, 0.29) is 0 Å². The molecule has 3 heteroatoms. The lowest BCUT2D eigenvalue weighted by molar-refractivity contribution is 1.56. The van der Waals surface area contributed by atoms with Gasteiger partial charge in [-0.3, -0.25) is 0 Å². The number of hydrogen-bond acceptors (Lipinski definition) is 1. The van der Waals surface area contributed by atoms with Crippen molar-refractivity contribution in [1.29, 1.82) is 5.26 Å². The zero-order valence-electron chi connectivity index (χ0n) is 2.52. The van der Waals surface area contributed by atoms with Gasteiger partial charge < -0.3 is 0 Å². The van der Waals surface area contributed by atoms with Crippen LogP contribution in [0.25, 0.3) is 0 Å². The van der Waals surface area contributed by atoms with Crippen molar-refractivity contribution in [3.63, 3.8) is 0 Å². The van der Waals surface area contributed by atoms with Crippen LogP contribution in [0.15, 0.2) is 0 Å². The quantitative estimate of drug-likeness (QED) is 0.413. The molecule has 1 atom stereocenters. The largest absolute Gasteiger partial charge is 0.192 e. The molecule has 0 bridgehead atoms. The molecule has 0 aliphatic rings. The maximum Gasteiger partial charge on any atom is 0.103 e. The molecule has 0 spiro atoms. The fourth-order valence-electron chi connectivity index (χ4n) is 0. The summed E-state index contributed by atoms with van der Waals surface area (Å²) in [6.45, 7) is 0. The molecule has 0 rings (SSSR count). The first kappa shape index (κ1) is 5.09. The summed E-state index contributed by atoms with van der Waals surface area (Å²) in [4.78, 5) is 0. The van der Waals surface area contributed by atoms with E-state index >= 15 is 0 Å². The Morgan fingerprint density at radius 1 is 2.00 bits per heavy atom. The van der Waals surface area contributed by atoms with Gasteiger partial charge in [0.15, 0.2) is 0 Å². The van der Waals surface area contributed by atoms with Gasteiger partial charge in [-0.1, -0.05) is 9.24 Å². The van der Waals surface area contributed by atoms with E-state index in [1.165, 1.54) is 0 Å². The van der Waals surface area contributed by atoms with Crippen molar-refractivity contribution in [2.24, 2.45) is 0 Å². The van der Waals surface area contributed by atoms with Crippen molar-refractivity contribution in [3.05, 3.63) is 0 Å². The Labute approximate surface area is 35.4 Å². The molecule has 0 N–H and O–H groups in total. The van der Waals surface area contributed by atoms with E-state index in [4.69, 9.17) is 5.26 Å². The molecular weight excluding hydrogens is 100.0 g/mol. The van der Waals surface area contributed by atoms with Crippen molar-refractivity contribution < 1.29 is 0 Å². The highest BCUT2D eigenvalue weighted by Crippen LogP contribution is 1.85. The van der Waals surface area contributed by atoms with Gasteiger partial charge in [-0.25, -0.2) is 0 Å². The predicted octanol–water partition coefficient (Wildman–Crippen LogP) is 0.658. The molecule has 0 radical (unpaired) electrons. The first-order chi connectivity index (χ1) is 2.27. The van der Waals surface area contributed by atoms with Gasteiger partial charge in [0, 0.05) is 0 Å². The highest BCUT2D eigenvalue weighted by Gasteiger charge is 1.66. The average molecular weight is 103 g/mol. The summed E-state index contributed by atoms with van der Waals surface area (Å²) in [5.74, 6) is 0. The Bertz CT molecular complexity index is 80.1. The van der Waals surface area contributed by atoms with Crippen LogP contribution in [0.3, 0.4) is 0 Å². The molecule has 0 aliphatic heterocycles. The van der Waals surface area contributed by atoms with Gasteiger partial charge in [-0.15, -0.1) is 8.86 Å². The Kier molecular flexibility index (Phi) is 2.38. The van der Waals surface area contributed by atoms with Gasteiger partial charge in [0.1, 0.15) is 6.07 Å². The summed E-state index contributed by atoms with van der Waals surface area (Å²) in [5.41, 5.74) is 0. The minimum atomic E-state index is 0.532. The average Bonchev–Trinajstić information content (AvgIpc) is 1.38. The summed E-state index contributed by atoms with van der Waals surface area (Å²) < 4.78 is 0. The van der Waals surface area contributed by atoms with Crippen LogP contribution in [0.1, 0.15) is 0 Å². The molecule has 0 saturated carbocycles. The van der Waals surface area contributed by atoms with Crippen LogP contribution in [0.5, 0.6) is 0 Å². The van der Waals surface area contributed by atoms with E-state index in [1.807, 2.05) is 6.07 Å². The Hall–Kier alpha value is 0.0900. The van der Waals surface area contributed by atoms with E-state index < -0.39 is 0 Å². The normalized spacial score (nSPS) is 5.60. The second-order valence-corrected chi connectivity index (χ2v) is 2.22. The van der Waals surface area contributed by atoms with Crippen LogP contribution in [-0.4, -0.2) is 5.03 Å². The fourth-order valence-corrected chi connectivity index (χ4v) is 0. The molecule has 0 fully saturated rings. The third kappa shape index (κ3) is 4.09. The second-order valence-electron chi connectivity index (χ2n) is 0.525. The van der Waals surface area contributed by atoms with Crippen molar-refractivity contribution in [2.45, 2.75) is 0 Å². The first-order valence-electron chi connectivity index (χ1n) is 1.01. The number of nitriles is 1. The van der Waals surface area contributed by atoms with Crippen molar-refractivity contribution in [3.8, 4) is 6.07 Å². The highest BCUT2D eigenvalue weighted by molar-refractivity contribution is 7.58. The molecule has 1 nitrogen and oxygen atoms in total. The smallest absolute Gasteiger partial charge is 0.103 e. The molecule has 5 heavy (non-hydrogen) atoms. The van der Waals surface area contributed by atoms with Crippen molar-refractivity contribution >= 4 is 23.1 Å². The maximum atomic E-state index is 7.79. The Morgan fingerprint density at radius 3 is 2.20 bits per heavy atom. The Morgan fingerprint density at radius 2 is 2.20 bits per heavy atom. The maximum absolute atomic E-state index is 7.79. The van der Waals surface area contributed by atoms with E-state index in [0.717, 1.165) is 0 Å². The molecule has 0 aromatic rings. The molecule has 1 unspecified atom stereocenters. The van der Waals surface area contributed by atoms with Gasteiger partial charge in [-0.2, -0.15) is 5.26 Å². The fraction of sp³-hybridized carbons (Fsp3) is 0. The van der Waals surface area contributed by atoms with Crippen LogP contribution in [0.4, 0.5) is 0 Å². The summed E-state index contributed by atoms with van der Waals surface area (Å²) in [6, 6.07) is 1.82. The van der Waals surface area contributed by atoms with Crippen LogP contribution >= 0.6 is 18.1 Å². The predicted molar refractivity (Wildman–Crippen MR) is 28.6 cm³/mol. The number of nitrogens with zero attached hydrogens (tertiary/aromatic N) is 1. The molecule has 0 aromatic carbocycles. The lowest BCUT2D eigenvalue weighted by Gasteiger charge is -1.60. The summed E-state index contributed by atoms with van der Waals surface area (Å²) >= 11 is 0. The van der Waals surface area contributed by atoms with Gasteiger partial charge >= 0.3 is 0 Å². The standard InChI is InChI=1S/C2H3NP2/c3-1-2(4)5/h4H,5H2. The molecule has 0 amide bonds. The summed E-state index contributed by atoms with van der Waals surface area (Å²) in [5, 5.41) is 8.32. The minimum Gasteiger partial charge on any atom is -0.192 e. The van der Waals surface area contributed by atoms with Gasteiger partial charge in [0.05, 0.1) is 5.03 Å². The number of rotatable bonds is 0. The van der Waals surface area contributed by atoms with Gasteiger partial charge in [-0.05, 0) is 0 Å². The van der Waals surface area contributed by atoms with E-state index in [1.54, 1.807) is 0 Å². The molecular formula is C2H3NP2. The zero-order chi connectivity index (χ0) is 4.28. The lowest BCUT2D eigenvalue weighted by Crippen LogP contribution is -1.60. The van der Waals surface area contributed by atoms with Gasteiger partial charge in [0.2, 0.25) is 0 Å². The van der Waals surface area contributed by atoms with Crippen LogP contribution in [0, 0.1) is 11.3 Å². The zero-order valence-corrected chi connectivity index (χ0v) is 4.68. The van der Waals surface area contributed by atoms with Crippen molar-refractivity contribution in [2.75, 3.05) is 0 Å². The molecule has 0 aliphatic carbocycles. The highest BCUT2D eigenvalue weighted by atomic mass is 31.1. The molecule has 0 saturated heterocycles. The Balaban J connectivity index is 3.35. The second kappa shape index (κ2) is 2.33. The molecule has 0 heterocycles. The van der Waals surface area contributed by atoms with Crippen LogP contribution in [0.2, 0.25) is 0 Å². The van der Waals surface area contributed by atoms with Crippen molar-refractivity contribution in [1.82, 2.24) is 0 Å². The van der Waals surface area contributed by atoms with E-state index in [2.05, 4.69) is 18.1 Å².